The van der Waals surface area contributed by atoms with Gasteiger partial charge in [-0.15, -0.1) is 11.3 Å². The van der Waals surface area contributed by atoms with Gasteiger partial charge in [-0.2, -0.15) is 0 Å². The zero-order chi connectivity index (χ0) is 18.8. The molecule has 1 aromatic carbocycles. The molecule has 0 spiro atoms. The summed E-state index contributed by atoms with van der Waals surface area (Å²) in [5.74, 6) is -0.385. The second-order valence-electron chi connectivity index (χ2n) is 7.56. The Kier molecular flexibility index (Phi) is 5.73. The Bertz CT molecular complexity index is 757. The summed E-state index contributed by atoms with van der Waals surface area (Å²) in [6.45, 7) is 3.62. The second kappa shape index (κ2) is 8.22. The Labute approximate surface area is 163 Å². The van der Waals surface area contributed by atoms with Crippen molar-refractivity contribution in [1.29, 1.82) is 0 Å². The number of aliphatic hydroxyl groups is 2. The van der Waals surface area contributed by atoms with Gasteiger partial charge in [0.1, 0.15) is 11.1 Å². The molecule has 3 heterocycles. The minimum Gasteiger partial charge on any atom is -0.383 e. The first-order valence-corrected chi connectivity index (χ1v) is 10.7. The van der Waals surface area contributed by atoms with Crippen LogP contribution in [0.5, 0.6) is 0 Å². The van der Waals surface area contributed by atoms with Crippen molar-refractivity contribution < 1.29 is 15.0 Å². The molecule has 3 atom stereocenters. The molecule has 2 aliphatic rings. The number of aromatic nitrogens is 1. The quantitative estimate of drug-likeness (QED) is 0.838. The number of para-hydroxylation sites is 1. The summed E-state index contributed by atoms with van der Waals surface area (Å²) < 4.78 is 0.939. The van der Waals surface area contributed by atoms with Gasteiger partial charge in [0.15, 0.2) is 6.10 Å². The number of carbonyl (C=O) groups excluding carboxylic acids is 1. The highest BCUT2D eigenvalue weighted by Crippen LogP contribution is 2.29. The van der Waals surface area contributed by atoms with Crippen LogP contribution in [-0.4, -0.2) is 69.2 Å². The van der Waals surface area contributed by atoms with Crippen molar-refractivity contribution in [3.63, 3.8) is 0 Å². The lowest BCUT2D eigenvalue weighted by molar-refractivity contribution is -0.146. The van der Waals surface area contributed by atoms with Crippen LogP contribution >= 0.6 is 11.3 Å². The first-order chi connectivity index (χ1) is 13.1. The monoisotopic (exact) mass is 389 g/mol. The second-order valence-corrected chi connectivity index (χ2v) is 8.62. The van der Waals surface area contributed by atoms with Crippen molar-refractivity contribution in [2.75, 3.05) is 26.2 Å². The first kappa shape index (κ1) is 18.8. The zero-order valence-corrected chi connectivity index (χ0v) is 16.3. The molecule has 27 heavy (non-hydrogen) atoms. The number of carbonyl (C=O) groups is 1. The van der Waals surface area contributed by atoms with Gasteiger partial charge in [0, 0.05) is 19.1 Å². The summed E-state index contributed by atoms with van der Waals surface area (Å²) in [7, 11) is 0. The molecule has 2 fully saturated rings. The topological polar surface area (TPSA) is 76.9 Å². The van der Waals surface area contributed by atoms with Crippen molar-refractivity contribution in [3.8, 4) is 0 Å². The molecule has 4 rings (SSSR count). The molecule has 1 amide bonds. The molecule has 0 radical (unpaired) electrons. The average Bonchev–Trinajstić information content (AvgIpc) is 3.31. The summed E-state index contributed by atoms with van der Waals surface area (Å²) in [4.78, 5) is 21.4. The van der Waals surface area contributed by atoms with Gasteiger partial charge in [-0.1, -0.05) is 12.1 Å². The van der Waals surface area contributed by atoms with Crippen LogP contribution < -0.4 is 0 Å². The highest BCUT2D eigenvalue weighted by Gasteiger charge is 2.33. The van der Waals surface area contributed by atoms with Crippen LogP contribution in [0.3, 0.4) is 0 Å². The Morgan fingerprint density at radius 2 is 1.85 bits per heavy atom. The molecule has 2 aliphatic heterocycles. The Morgan fingerprint density at radius 1 is 1.07 bits per heavy atom. The van der Waals surface area contributed by atoms with Crippen molar-refractivity contribution in [1.82, 2.24) is 14.8 Å². The fourth-order valence-electron chi connectivity index (χ4n) is 4.24. The number of hydrogen-bond acceptors (Lipinski definition) is 6. The smallest absolute Gasteiger partial charge is 0.254 e. The molecule has 7 heteroatoms. The van der Waals surface area contributed by atoms with Crippen LogP contribution in [-0.2, 0) is 4.79 Å². The van der Waals surface area contributed by atoms with Crippen LogP contribution in [0.4, 0.5) is 0 Å². The standard InChI is InChI=1S/C20H27N3O3S/c24-17(19-21-15-7-1-2-8-16(15)27-19)18(25)20(26)23-12-5-6-14(9-13-23)22-10-3-4-11-22/h1-2,7-8,14,17-18,24-25H,3-6,9-13H2. The van der Waals surface area contributed by atoms with E-state index in [4.69, 9.17) is 0 Å². The number of hydrogen-bond donors (Lipinski definition) is 2. The predicted octanol–water partition coefficient (Wildman–Crippen LogP) is 2.17. The molecule has 6 nitrogen and oxygen atoms in total. The van der Waals surface area contributed by atoms with Crippen LogP contribution in [0.1, 0.15) is 43.2 Å². The molecule has 0 aliphatic carbocycles. The first-order valence-electron chi connectivity index (χ1n) is 9.88. The number of fused-ring (bicyclic) bond motifs is 1. The highest BCUT2D eigenvalue weighted by atomic mass is 32.1. The molecule has 2 aromatic rings. The third-order valence-electron chi connectivity index (χ3n) is 5.78. The molecular formula is C20H27N3O3S. The maximum Gasteiger partial charge on any atom is 0.254 e. The van der Waals surface area contributed by atoms with Crippen molar-refractivity contribution in [2.45, 2.75) is 50.4 Å². The lowest BCUT2D eigenvalue weighted by Gasteiger charge is -2.27. The summed E-state index contributed by atoms with van der Waals surface area (Å²) in [5, 5.41) is 21.4. The minimum atomic E-state index is -1.46. The normalized spacial score (nSPS) is 24.1. The molecule has 0 saturated carbocycles. The number of amides is 1. The van der Waals surface area contributed by atoms with E-state index in [1.54, 1.807) is 4.90 Å². The summed E-state index contributed by atoms with van der Waals surface area (Å²) in [5.41, 5.74) is 0.777. The SMILES string of the molecule is O=C(C(O)C(O)c1nc2ccccc2s1)N1CCCC(N2CCCC2)CC1. The predicted molar refractivity (Wildman–Crippen MR) is 106 cm³/mol. The number of likely N-dealkylation sites (tertiary alicyclic amines) is 2. The van der Waals surface area contributed by atoms with E-state index in [1.165, 1.54) is 24.2 Å². The fraction of sp³-hybridized carbons (Fsp3) is 0.600. The van der Waals surface area contributed by atoms with Gasteiger partial charge in [-0.05, 0) is 57.3 Å². The third-order valence-corrected chi connectivity index (χ3v) is 6.89. The molecule has 0 bridgehead atoms. The van der Waals surface area contributed by atoms with Gasteiger partial charge < -0.3 is 20.0 Å². The highest BCUT2D eigenvalue weighted by molar-refractivity contribution is 7.18. The molecule has 146 valence electrons. The zero-order valence-electron chi connectivity index (χ0n) is 15.5. The van der Waals surface area contributed by atoms with E-state index in [9.17, 15) is 15.0 Å². The Morgan fingerprint density at radius 3 is 2.63 bits per heavy atom. The molecular weight excluding hydrogens is 362 g/mol. The van der Waals surface area contributed by atoms with E-state index in [2.05, 4.69) is 9.88 Å². The maximum atomic E-state index is 12.8. The summed E-state index contributed by atoms with van der Waals surface area (Å²) in [6, 6.07) is 8.12. The number of rotatable bonds is 4. The van der Waals surface area contributed by atoms with Crippen LogP contribution in [0.2, 0.25) is 0 Å². The molecule has 3 unspecified atom stereocenters. The Balaban J connectivity index is 1.40. The lowest BCUT2D eigenvalue weighted by Crippen LogP contribution is -2.43. The third kappa shape index (κ3) is 4.01. The van der Waals surface area contributed by atoms with Gasteiger partial charge in [0.05, 0.1) is 10.2 Å². The molecule has 2 N–H and O–H groups in total. The molecule has 2 saturated heterocycles. The van der Waals surface area contributed by atoms with Crippen molar-refractivity contribution >= 4 is 27.5 Å². The summed E-state index contributed by atoms with van der Waals surface area (Å²) in [6.07, 6.45) is 2.77. The average molecular weight is 390 g/mol. The lowest BCUT2D eigenvalue weighted by atomic mass is 10.1. The van der Waals surface area contributed by atoms with Gasteiger partial charge >= 0.3 is 0 Å². The minimum absolute atomic E-state index is 0.385. The van der Waals surface area contributed by atoms with Crippen molar-refractivity contribution in [3.05, 3.63) is 29.3 Å². The fourth-order valence-corrected chi connectivity index (χ4v) is 5.23. The number of thiazole rings is 1. The van der Waals surface area contributed by atoms with E-state index in [0.29, 0.717) is 24.1 Å². The van der Waals surface area contributed by atoms with Gasteiger partial charge in [0.25, 0.3) is 5.91 Å². The van der Waals surface area contributed by atoms with E-state index < -0.39 is 12.2 Å². The van der Waals surface area contributed by atoms with E-state index in [1.807, 2.05) is 24.3 Å². The Hall–Kier alpha value is -1.54. The number of nitrogens with zero attached hydrogens (tertiary/aromatic N) is 3. The molecule has 1 aromatic heterocycles. The largest absolute Gasteiger partial charge is 0.383 e. The van der Waals surface area contributed by atoms with Gasteiger partial charge in [-0.3, -0.25) is 4.79 Å². The van der Waals surface area contributed by atoms with Crippen LogP contribution in [0.15, 0.2) is 24.3 Å². The number of benzene rings is 1. The van der Waals surface area contributed by atoms with E-state index >= 15 is 0 Å². The van der Waals surface area contributed by atoms with Crippen LogP contribution in [0, 0.1) is 0 Å². The van der Waals surface area contributed by atoms with Gasteiger partial charge in [-0.25, -0.2) is 4.98 Å². The maximum absolute atomic E-state index is 12.8. The van der Waals surface area contributed by atoms with E-state index in [-0.39, 0.29) is 5.91 Å². The summed E-state index contributed by atoms with van der Waals surface area (Å²) >= 11 is 1.32. The van der Waals surface area contributed by atoms with E-state index in [0.717, 1.165) is 42.6 Å². The van der Waals surface area contributed by atoms with Gasteiger partial charge in [0.2, 0.25) is 0 Å². The number of aliphatic hydroxyl groups excluding tert-OH is 2. The van der Waals surface area contributed by atoms with Crippen molar-refractivity contribution in [2.24, 2.45) is 0 Å². The van der Waals surface area contributed by atoms with Crippen LogP contribution in [0.25, 0.3) is 10.2 Å².